The van der Waals surface area contributed by atoms with Crippen LogP contribution in [-0.4, -0.2) is 26.1 Å². The summed E-state index contributed by atoms with van der Waals surface area (Å²) in [5, 5.41) is 10.6. The van der Waals surface area contributed by atoms with E-state index < -0.39 is 0 Å². The number of hydrogen-bond donors (Lipinski definition) is 1. The zero-order valence-electron chi connectivity index (χ0n) is 11.8. The molecule has 1 saturated heterocycles. The molecule has 1 aliphatic heterocycles. The van der Waals surface area contributed by atoms with E-state index >= 15 is 0 Å². The number of nitrogens with one attached hydrogen (secondary N) is 1. The predicted molar refractivity (Wildman–Crippen MR) is 69.5 cm³/mol. The fourth-order valence-corrected chi connectivity index (χ4v) is 2.83. The van der Waals surface area contributed by atoms with Gasteiger partial charge < -0.3 is 14.1 Å². The molecule has 3 rings (SSSR count). The van der Waals surface area contributed by atoms with Gasteiger partial charge in [0.25, 0.3) is 0 Å². The molecule has 1 aliphatic rings. The summed E-state index contributed by atoms with van der Waals surface area (Å²) < 4.78 is 7.64. The third-order valence-corrected chi connectivity index (χ3v) is 4.16. The number of fused-ring (bicyclic) bond motifs is 1. The smallest absolute Gasteiger partial charge is 0.139 e. The Bertz CT molecular complexity index is 653. The van der Waals surface area contributed by atoms with Crippen LogP contribution in [0.15, 0.2) is 10.9 Å². The van der Waals surface area contributed by atoms with Crippen LogP contribution in [0.4, 0.5) is 0 Å². The van der Waals surface area contributed by atoms with Gasteiger partial charge in [0, 0.05) is 44.1 Å². The van der Waals surface area contributed by atoms with E-state index in [4.69, 9.17) is 4.74 Å². The first-order valence-electron chi connectivity index (χ1n) is 6.62. The average molecular weight is 350 g/mol. The Labute approximate surface area is 142 Å². The first-order chi connectivity index (χ1) is 9.13. The summed E-state index contributed by atoms with van der Waals surface area (Å²) in [6, 6.07) is 4.21. The Kier molecular flexibility index (Phi) is 4.77. The van der Waals surface area contributed by atoms with Crippen molar-refractivity contribution >= 4 is 11.2 Å². The van der Waals surface area contributed by atoms with E-state index in [2.05, 4.69) is 42.2 Å². The molecule has 0 amide bonds. The zero-order valence-corrected chi connectivity index (χ0v) is 14.7. The second-order valence-electron chi connectivity index (χ2n) is 5.18. The molecule has 6 nitrogen and oxygen atoms in total. The van der Waals surface area contributed by atoms with Crippen molar-refractivity contribution in [3.63, 3.8) is 0 Å². The molecular formula is C13H17N4O2Y-. The number of hydrogen-bond acceptors (Lipinski definition) is 4. The first-order valence-corrected chi connectivity index (χ1v) is 6.62. The Morgan fingerprint density at radius 2 is 2.15 bits per heavy atom. The summed E-state index contributed by atoms with van der Waals surface area (Å²) in [4.78, 5) is 12.1. The number of pyridine rings is 1. The molecule has 2 aromatic heterocycles. The maximum absolute atomic E-state index is 12.1. The Balaban J connectivity index is 0.00000147. The number of aromatic nitrogens is 4. The predicted octanol–water partition coefficient (Wildman–Crippen LogP) is 1.50. The molecule has 2 aromatic rings. The van der Waals surface area contributed by atoms with Crippen molar-refractivity contribution in [1.82, 2.24) is 20.0 Å². The molecule has 7 heteroatoms. The fraction of sp³-hybridized carbons (Fsp3) is 0.615. The Morgan fingerprint density at radius 1 is 1.40 bits per heavy atom. The van der Waals surface area contributed by atoms with E-state index in [1.807, 2.05) is 0 Å². The van der Waals surface area contributed by atoms with Gasteiger partial charge in [-0.15, -0.1) is 12.1 Å². The number of H-pyrrole nitrogens is 1. The summed E-state index contributed by atoms with van der Waals surface area (Å²) in [5.74, 6) is 0.665. The quantitative estimate of drug-likeness (QED) is 0.833. The minimum Gasteiger partial charge on any atom is -0.372 e. The van der Waals surface area contributed by atoms with Gasteiger partial charge in [-0.1, -0.05) is 20.8 Å². The van der Waals surface area contributed by atoms with Gasteiger partial charge in [-0.25, -0.2) is 10.3 Å². The molecule has 4 atom stereocenters. The Morgan fingerprint density at radius 3 is 2.80 bits per heavy atom. The standard InChI is InChI=1S/C13H17N4O2.Y/c1-4-10-7(2)8(3)13(19-10)17-11(18)6-5-9-12(17)15-16-14-9;/h6-8,10,13H,4H2,1-3H3,(H,14,15,16);/q-1;/t7-,8?,10-,13-;/m1./s1. The van der Waals surface area contributed by atoms with Gasteiger partial charge in [0.1, 0.15) is 11.8 Å². The topological polar surface area (TPSA) is 72.8 Å². The molecule has 1 unspecified atom stereocenters. The molecule has 105 valence electrons. The van der Waals surface area contributed by atoms with Crippen molar-refractivity contribution in [3.05, 3.63) is 22.5 Å². The number of ether oxygens (including phenoxy) is 1. The van der Waals surface area contributed by atoms with Crippen molar-refractivity contribution in [2.75, 3.05) is 0 Å². The first kappa shape index (κ1) is 15.8. The van der Waals surface area contributed by atoms with E-state index in [1.165, 1.54) is 6.07 Å². The van der Waals surface area contributed by atoms with E-state index in [0.717, 1.165) is 6.42 Å². The van der Waals surface area contributed by atoms with Crippen molar-refractivity contribution < 1.29 is 37.4 Å². The maximum Gasteiger partial charge on any atom is 0.139 e. The van der Waals surface area contributed by atoms with Gasteiger partial charge in [-0.05, 0) is 12.3 Å². The van der Waals surface area contributed by atoms with Crippen LogP contribution in [0.2, 0.25) is 0 Å². The van der Waals surface area contributed by atoms with Gasteiger partial charge in [0.15, 0.2) is 0 Å². The third kappa shape index (κ3) is 2.38. The van der Waals surface area contributed by atoms with Crippen LogP contribution in [0.3, 0.4) is 0 Å². The van der Waals surface area contributed by atoms with E-state index in [-0.39, 0.29) is 56.5 Å². The van der Waals surface area contributed by atoms with Crippen LogP contribution in [0.5, 0.6) is 0 Å². The number of aromatic amines is 1. The summed E-state index contributed by atoms with van der Waals surface area (Å²) in [6.07, 6.45) is 0.838. The second kappa shape index (κ2) is 6.04. The second-order valence-corrected chi connectivity index (χ2v) is 5.18. The molecule has 3 heterocycles. The van der Waals surface area contributed by atoms with Gasteiger partial charge >= 0.3 is 0 Å². The molecule has 0 aliphatic carbocycles. The summed E-state index contributed by atoms with van der Waals surface area (Å²) in [7, 11) is 0. The van der Waals surface area contributed by atoms with Crippen LogP contribution in [-0.2, 0) is 37.4 Å². The minimum absolute atomic E-state index is 0. The molecule has 0 aromatic carbocycles. The Hall–Kier alpha value is -0.586. The van der Waals surface area contributed by atoms with Crippen molar-refractivity contribution in [2.24, 2.45) is 11.8 Å². The van der Waals surface area contributed by atoms with Gasteiger partial charge in [0.05, 0.1) is 11.8 Å². The monoisotopic (exact) mass is 350 g/mol. The van der Waals surface area contributed by atoms with Crippen LogP contribution >= 0.6 is 0 Å². The molecule has 0 bridgehead atoms. The average Bonchev–Trinajstić information content (AvgIpc) is 2.97. The summed E-state index contributed by atoms with van der Waals surface area (Å²) in [5.41, 5.74) is 0.915. The molecule has 1 fully saturated rings. The van der Waals surface area contributed by atoms with Gasteiger partial charge in [-0.3, -0.25) is 0 Å². The van der Waals surface area contributed by atoms with Crippen molar-refractivity contribution in [2.45, 2.75) is 39.5 Å². The molecule has 20 heavy (non-hydrogen) atoms. The van der Waals surface area contributed by atoms with Gasteiger partial charge in [0.2, 0.25) is 0 Å². The zero-order chi connectivity index (χ0) is 13.6. The van der Waals surface area contributed by atoms with Crippen molar-refractivity contribution in [1.29, 1.82) is 0 Å². The maximum atomic E-state index is 12.1. The third-order valence-electron chi connectivity index (χ3n) is 4.16. The molecule has 1 radical (unpaired) electrons. The molecule has 0 spiro atoms. The van der Waals surface area contributed by atoms with Crippen LogP contribution < -0.4 is 5.56 Å². The van der Waals surface area contributed by atoms with E-state index in [0.29, 0.717) is 17.1 Å². The molecular weight excluding hydrogens is 333 g/mol. The number of nitrogens with zero attached hydrogens (tertiary/aromatic N) is 3. The normalized spacial score (nSPS) is 29.6. The van der Waals surface area contributed by atoms with E-state index in [1.54, 1.807) is 4.57 Å². The minimum atomic E-state index is -0.283. The molecule has 0 saturated carbocycles. The number of rotatable bonds is 2. The van der Waals surface area contributed by atoms with Crippen LogP contribution in [0.1, 0.15) is 33.4 Å². The van der Waals surface area contributed by atoms with Crippen LogP contribution in [0.25, 0.3) is 11.2 Å². The summed E-state index contributed by atoms with van der Waals surface area (Å²) in [6.45, 7) is 6.38. The fourth-order valence-electron chi connectivity index (χ4n) is 2.83. The van der Waals surface area contributed by atoms with Crippen molar-refractivity contribution in [3.8, 4) is 0 Å². The van der Waals surface area contributed by atoms with Gasteiger partial charge in [-0.2, -0.15) is 5.10 Å². The van der Waals surface area contributed by atoms with Crippen LogP contribution in [0, 0.1) is 17.9 Å². The molecule has 1 N–H and O–H groups in total. The van der Waals surface area contributed by atoms with E-state index in [9.17, 15) is 4.79 Å². The summed E-state index contributed by atoms with van der Waals surface area (Å²) >= 11 is 0. The SMILES string of the molecule is CC[C@H]1O[C@@H](n2c(=O)c[c-]c3n[nH]nc32)C(C)[C@H]1C.[Y]. The largest absolute Gasteiger partial charge is 0.372 e.